The van der Waals surface area contributed by atoms with Gasteiger partial charge in [-0.1, -0.05) is 25.1 Å². The van der Waals surface area contributed by atoms with E-state index in [-0.39, 0.29) is 5.78 Å². The highest BCUT2D eigenvalue weighted by Crippen LogP contribution is 2.18. The monoisotopic (exact) mass is 190 g/mol. The number of hydrogen-bond donors (Lipinski definition) is 0. The van der Waals surface area contributed by atoms with Gasteiger partial charge in [0.05, 0.1) is 7.11 Å². The molecule has 2 nitrogen and oxygen atoms in total. The summed E-state index contributed by atoms with van der Waals surface area (Å²) in [5, 5.41) is 0. The first-order chi connectivity index (χ1) is 6.77. The molecule has 0 heterocycles. The number of rotatable bonds is 4. The molecule has 0 aliphatic heterocycles. The van der Waals surface area contributed by atoms with Crippen molar-refractivity contribution in [2.75, 3.05) is 7.11 Å². The highest BCUT2D eigenvalue weighted by atomic mass is 16.5. The van der Waals surface area contributed by atoms with Gasteiger partial charge in [0.1, 0.15) is 5.75 Å². The van der Waals surface area contributed by atoms with Gasteiger partial charge in [-0.05, 0) is 18.2 Å². The maximum atomic E-state index is 11.1. The third-order valence-electron chi connectivity index (χ3n) is 1.94. The van der Waals surface area contributed by atoms with Crippen molar-refractivity contribution < 1.29 is 9.53 Å². The Morgan fingerprint density at radius 1 is 1.43 bits per heavy atom. The lowest BCUT2D eigenvalue weighted by atomic mass is 10.1. The van der Waals surface area contributed by atoms with Crippen LogP contribution in [0.3, 0.4) is 0 Å². The van der Waals surface area contributed by atoms with E-state index in [1.54, 1.807) is 19.3 Å². The Hall–Kier alpha value is -1.57. The van der Waals surface area contributed by atoms with Gasteiger partial charge < -0.3 is 4.74 Å². The van der Waals surface area contributed by atoms with E-state index < -0.39 is 0 Å². The predicted octanol–water partition coefficient (Wildman–Crippen LogP) is 2.69. The molecule has 0 saturated heterocycles. The van der Waals surface area contributed by atoms with E-state index in [0.717, 1.165) is 11.3 Å². The van der Waals surface area contributed by atoms with Gasteiger partial charge in [-0.3, -0.25) is 4.79 Å². The molecular formula is C12H14O2. The number of hydrogen-bond acceptors (Lipinski definition) is 2. The second kappa shape index (κ2) is 5.22. The van der Waals surface area contributed by atoms with Gasteiger partial charge in [0.25, 0.3) is 0 Å². The van der Waals surface area contributed by atoms with E-state index in [2.05, 4.69) is 0 Å². The Bertz CT molecular complexity index is 340. The Morgan fingerprint density at radius 3 is 2.79 bits per heavy atom. The van der Waals surface area contributed by atoms with Crippen molar-refractivity contribution in [3.05, 3.63) is 35.9 Å². The number of benzene rings is 1. The van der Waals surface area contributed by atoms with Crippen molar-refractivity contribution in [3.8, 4) is 5.75 Å². The van der Waals surface area contributed by atoms with E-state index in [1.807, 2.05) is 31.2 Å². The van der Waals surface area contributed by atoms with E-state index in [4.69, 9.17) is 4.74 Å². The van der Waals surface area contributed by atoms with E-state index in [9.17, 15) is 4.79 Å². The molecule has 0 aromatic heterocycles. The summed E-state index contributed by atoms with van der Waals surface area (Å²) in [7, 11) is 1.62. The van der Waals surface area contributed by atoms with E-state index >= 15 is 0 Å². The van der Waals surface area contributed by atoms with Crippen molar-refractivity contribution in [1.29, 1.82) is 0 Å². The average molecular weight is 190 g/mol. The molecule has 0 bridgehead atoms. The zero-order chi connectivity index (χ0) is 10.4. The Kier molecular flexibility index (Phi) is 3.92. The normalized spacial score (nSPS) is 10.4. The van der Waals surface area contributed by atoms with Gasteiger partial charge in [-0.15, -0.1) is 0 Å². The second-order valence-corrected chi connectivity index (χ2v) is 2.90. The van der Waals surface area contributed by atoms with Gasteiger partial charge in [0, 0.05) is 12.0 Å². The Morgan fingerprint density at radius 2 is 2.14 bits per heavy atom. The molecule has 0 atom stereocenters. The summed E-state index contributed by atoms with van der Waals surface area (Å²) in [4.78, 5) is 11.1. The van der Waals surface area contributed by atoms with Crippen LogP contribution in [0.1, 0.15) is 18.9 Å². The molecule has 14 heavy (non-hydrogen) atoms. The molecule has 0 aliphatic carbocycles. The number of ether oxygens (including phenoxy) is 1. The molecule has 1 rings (SSSR count). The maximum Gasteiger partial charge on any atom is 0.155 e. The van der Waals surface area contributed by atoms with E-state index in [0.29, 0.717) is 6.42 Å². The molecule has 0 unspecified atom stereocenters. The molecule has 0 radical (unpaired) electrons. The van der Waals surface area contributed by atoms with Crippen LogP contribution in [0.2, 0.25) is 0 Å². The van der Waals surface area contributed by atoms with Gasteiger partial charge in [0.2, 0.25) is 0 Å². The van der Waals surface area contributed by atoms with Crippen LogP contribution in [0.25, 0.3) is 6.08 Å². The first kappa shape index (κ1) is 10.5. The second-order valence-electron chi connectivity index (χ2n) is 2.90. The summed E-state index contributed by atoms with van der Waals surface area (Å²) in [6.07, 6.45) is 3.90. The predicted molar refractivity (Wildman–Crippen MR) is 57.3 cm³/mol. The molecule has 0 fully saturated rings. The summed E-state index contributed by atoms with van der Waals surface area (Å²) in [5.74, 6) is 0.906. The fourth-order valence-corrected chi connectivity index (χ4v) is 1.10. The molecule has 0 aliphatic rings. The average Bonchev–Trinajstić information content (AvgIpc) is 2.26. The Labute approximate surface area is 84.2 Å². The quantitative estimate of drug-likeness (QED) is 0.682. The van der Waals surface area contributed by atoms with Crippen LogP contribution in [-0.4, -0.2) is 12.9 Å². The third kappa shape index (κ3) is 2.73. The minimum Gasteiger partial charge on any atom is -0.496 e. The fourth-order valence-electron chi connectivity index (χ4n) is 1.10. The topological polar surface area (TPSA) is 26.3 Å². The van der Waals surface area contributed by atoms with Crippen molar-refractivity contribution in [1.82, 2.24) is 0 Å². The highest BCUT2D eigenvalue weighted by molar-refractivity contribution is 5.93. The van der Waals surface area contributed by atoms with Crippen LogP contribution in [0.15, 0.2) is 30.3 Å². The van der Waals surface area contributed by atoms with E-state index in [1.165, 1.54) is 0 Å². The zero-order valence-electron chi connectivity index (χ0n) is 8.49. The molecule has 0 saturated carbocycles. The summed E-state index contributed by atoms with van der Waals surface area (Å²) in [5.41, 5.74) is 0.928. The first-order valence-electron chi connectivity index (χ1n) is 4.62. The lowest BCUT2D eigenvalue weighted by Gasteiger charge is -2.02. The minimum absolute atomic E-state index is 0.121. The lowest BCUT2D eigenvalue weighted by molar-refractivity contribution is -0.114. The Balaban J connectivity index is 2.85. The van der Waals surface area contributed by atoms with Crippen LogP contribution in [0.5, 0.6) is 5.75 Å². The molecule has 2 heteroatoms. The van der Waals surface area contributed by atoms with Gasteiger partial charge in [-0.25, -0.2) is 0 Å². The number of ketones is 1. The molecule has 0 spiro atoms. The number of carbonyl (C=O) groups is 1. The number of allylic oxidation sites excluding steroid dienone is 1. The summed E-state index contributed by atoms with van der Waals surface area (Å²) < 4.78 is 5.15. The van der Waals surface area contributed by atoms with Crippen molar-refractivity contribution in [3.63, 3.8) is 0 Å². The molecule has 0 N–H and O–H groups in total. The van der Waals surface area contributed by atoms with Crippen LogP contribution >= 0.6 is 0 Å². The van der Waals surface area contributed by atoms with Crippen molar-refractivity contribution >= 4 is 11.9 Å². The highest BCUT2D eigenvalue weighted by Gasteiger charge is 1.97. The summed E-state index contributed by atoms with van der Waals surface area (Å²) in [6.45, 7) is 1.84. The summed E-state index contributed by atoms with van der Waals surface area (Å²) in [6, 6.07) is 7.60. The van der Waals surface area contributed by atoms with Crippen molar-refractivity contribution in [2.24, 2.45) is 0 Å². The number of para-hydroxylation sites is 1. The number of methoxy groups -OCH3 is 1. The SMILES string of the molecule is CCC(=O)/C=C\c1ccccc1OC. The van der Waals surface area contributed by atoms with Crippen LogP contribution in [-0.2, 0) is 4.79 Å². The van der Waals surface area contributed by atoms with Crippen molar-refractivity contribution in [2.45, 2.75) is 13.3 Å². The first-order valence-corrected chi connectivity index (χ1v) is 4.62. The van der Waals surface area contributed by atoms with Crippen LogP contribution < -0.4 is 4.74 Å². The molecule has 1 aromatic carbocycles. The fraction of sp³-hybridized carbons (Fsp3) is 0.250. The van der Waals surface area contributed by atoms with Gasteiger partial charge in [-0.2, -0.15) is 0 Å². The smallest absolute Gasteiger partial charge is 0.155 e. The maximum absolute atomic E-state index is 11.1. The standard InChI is InChI=1S/C12H14O2/c1-3-11(13)9-8-10-6-4-5-7-12(10)14-2/h4-9H,3H2,1-2H3/b9-8-. The largest absolute Gasteiger partial charge is 0.496 e. The van der Waals surface area contributed by atoms with Gasteiger partial charge in [0.15, 0.2) is 5.78 Å². The molecule has 1 aromatic rings. The van der Waals surface area contributed by atoms with Crippen LogP contribution in [0.4, 0.5) is 0 Å². The minimum atomic E-state index is 0.121. The third-order valence-corrected chi connectivity index (χ3v) is 1.94. The zero-order valence-corrected chi connectivity index (χ0v) is 8.49. The lowest BCUT2D eigenvalue weighted by Crippen LogP contribution is -1.89. The number of carbonyl (C=O) groups excluding carboxylic acids is 1. The van der Waals surface area contributed by atoms with Crippen LogP contribution in [0, 0.1) is 0 Å². The van der Waals surface area contributed by atoms with Gasteiger partial charge >= 0.3 is 0 Å². The molecule has 74 valence electrons. The molecule has 0 amide bonds. The summed E-state index contributed by atoms with van der Waals surface area (Å²) >= 11 is 0. The molecular weight excluding hydrogens is 176 g/mol.